The Bertz CT molecular complexity index is 361. The first-order valence-electron chi connectivity index (χ1n) is 7.77. The third-order valence-corrected chi connectivity index (χ3v) is 6.98. The van der Waals surface area contributed by atoms with Crippen molar-refractivity contribution in [2.75, 3.05) is 0 Å². The standard InChI is InChI=1S/C16H24O2/c1-15(14(17)18,13-2-3-13)16-7-10-4-11(8-16)6-12(5-10)9-16/h10-13H,2-9H2,1H3,(H,17,18). The minimum atomic E-state index is -0.494. The van der Waals surface area contributed by atoms with Crippen molar-refractivity contribution in [3.05, 3.63) is 0 Å². The second kappa shape index (κ2) is 3.32. The highest BCUT2D eigenvalue weighted by Crippen LogP contribution is 2.70. The predicted molar refractivity (Wildman–Crippen MR) is 69.1 cm³/mol. The van der Waals surface area contributed by atoms with E-state index >= 15 is 0 Å². The van der Waals surface area contributed by atoms with Crippen LogP contribution in [-0.4, -0.2) is 11.1 Å². The molecule has 1 atom stereocenters. The highest BCUT2D eigenvalue weighted by Gasteiger charge is 2.65. The van der Waals surface area contributed by atoms with E-state index in [-0.39, 0.29) is 5.41 Å². The Kier molecular flexibility index (Phi) is 2.08. The Labute approximate surface area is 109 Å². The summed E-state index contributed by atoms with van der Waals surface area (Å²) in [7, 11) is 0. The number of carboxylic acid groups (broad SMARTS) is 1. The number of hydrogen-bond acceptors (Lipinski definition) is 1. The van der Waals surface area contributed by atoms with Crippen molar-refractivity contribution in [1.29, 1.82) is 0 Å². The number of hydrogen-bond donors (Lipinski definition) is 1. The van der Waals surface area contributed by atoms with Crippen molar-refractivity contribution >= 4 is 5.97 Å². The molecule has 5 aliphatic carbocycles. The average Bonchev–Trinajstić information content (AvgIpc) is 3.09. The van der Waals surface area contributed by atoms with Crippen LogP contribution in [0.1, 0.15) is 58.3 Å². The van der Waals surface area contributed by atoms with Crippen LogP contribution >= 0.6 is 0 Å². The van der Waals surface area contributed by atoms with Crippen LogP contribution in [0.2, 0.25) is 0 Å². The van der Waals surface area contributed by atoms with Gasteiger partial charge in [-0.15, -0.1) is 0 Å². The molecule has 0 heterocycles. The molecule has 5 fully saturated rings. The lowest BCUT2D eigenvalue weighted by atomic mass is 9.42. The Morgan fingerprint density at radius 2 is 1.50 bits per heavy atom. The van der Waals surface area contributed by atoms with E-state index in [4.69, 9.17) is 0 Å². The Balaban J connectivity index is 1.75. The minimum absolute atomic E-state index is 0.161. The highest BCUT2D eigenvalue weighted by molar-refractivity contribution is 5.76. The molecule has 0 aliphatic heterocycles. The smallest absolute Gasteiger partial charge is 0.310 e. The molecular formula is C16H24O2. The van der Waals surface area contributed by atoms with Crippen LogP contribution in [-0.2, 0) is 4.79 Å². The fourth-order valence-corrected chi connectivity index (χ4v) is 6.24. The van der Waals surface area contributed by atoms with Crippen LogP contribution in [0, 0.1) is 34.5 Å². The zero-order valence-corrected chi connectivity index (χ0v) is 11.3. The SMILES string of the molecule is CC(C(=O)O)(C1CC1)C12CC3CC(CC(C3)C1)C2. The molecule has 100 valence electrons. The molecule has 18 heavy (non-hydrogen) atoms. The summed E-state index contributed by atoms with van der Waals surface area (Å²) in [5.74, 6) is 2.55. The summed E-state index contributed by atoms with van der Waals surface area (Å²) in [6.45, 7) is 2.10. The molecule has 1 N–H and O–H groups in total. The lowest BCUT2D eigenvalue weighted by molar-refractivity contribution is -0.180. The molecule has 0 aromatic rings. The van der Waals surface area contributed by atoms with E-state index in [1.165, 1.54) is 38.5 Å². The van der Waals surface area contributed by atoms with Crippen molar-refractivity contribution in [3.63, 3.8) is 0 Å². The van der Waals surface area contributed by atoms with Crippen LogP contribution < -0.4 is 0 Å². The maximum atomic E-state index is 12.0. The van der Waals surface area contributed by atoms with E-state index in [0.29, 0.717) is 5.92 Å². The third kappa shape index (κ3) is 1.27. The van der Waals surface area contributed by atoms with Crippen LogP contribution in [0.3, 0.4) is 0 Å². The molecule has 0 amide bonds. The summed E-state index contributed by atoms with van der Waals surface area (Å²) >= 11 is 0. The van der Waals surface area contributed by atoms with E-state index in [9.17, 15) is 9.90 Å². The van der Waals surface area contributed by atoms with E-state index in [0.717, 1.165) is 30.6 Å². The molecule has 2 heteroatoms. The van der Waals surface area contributed by atoms with Crippen molar-refractivity contribution in [2.45, 2.75) is 58.3 Å². The number of carbonyl (C=O) groups is 1. The average molecular weight is 248 g/mol. The molecule has 2 nitrogen and oxygen atoms in total. The number of aliphatic carboxylic acids is 1. The summed E-state index contributed by atoms with van der Waals surface area (Å²) in [5.41, 5.74) is -0.252. The van der Waals surface area contributed by atoms with E-state index < -0.39 is 11.4 Å². The summed E-state index contributed by atoms with van der Waals surface area (Å²) < 4.78 is 0. The van der Waals surface area contributed by atoms with Crippen LogP contribution in [0.15, 0.2) is 0 Å². The molecule has 4 bridgehead atoms. The van der Waals surface area contributed by atoms with Gasteiger partial charge in [-0.25, -0.2) is 0 Å². The number of carboxylic acids is 1. The monoisotopic (exact) mass is 248 g/mol. The Hall–Kier alpha value is -0.530. The molecule has 0 saturated heterocycles. The van der Waals surface area contributed by atoms with Crippen LogP contribution in [0.5, 0.6) is 0 Å². The first-order chi connectivity index (χ1) is 8.53. The summed E-state index contributed by atoms with van der Waals surface area (Å²) in [5, 5.41) is 9.90. The van der Waals surface area contributed by atoms with Gasteiger partial charge in [-0.2, -0.15) is 0 Å². The molecule has 5 saturated carbocycles. The van der Waals surface area contributed by atoms with E-state index in [2.05, 4.69) is 6.92 Å². The van der Waals surface area contributed by atoms with Gasteiger partial charge in [-0.1, -0.05) is 0 Å². The normalized spacial score (nSPS) is 49.1. The predicted octanol–water partition coefficient (Wildman–Crippen LogP) is 3.70. The van der Waals surface area contributed by atoms with Crippen molar-refractivity contribution < 1.29 is 9.90 Å². The van der Waals surface area contributed by atoms with Gasteiger partial charge < -0.3 is 5.11 Å². The molecule has 0 radical (unpaired) electrons. The molecule has 0 aromatic carbocycles. The lowest BCUT2D eigenvalue weighted by Crippen LogP contribution is -2.57. The zero-order chi connectivity index (χ0) is 12.5. The number of rotatable bonds is 3. The Morgan fingerprint density at radius 3 is 1.83 bits per heavy atom. The van der Waals surface area contributed by atoms with Crippen molar-refractivity contribution in [1.82, 2.24) is 0 Å². The largest absolute Gasteiger partial charge is 0.481 e. The van der Waals surface area contributed by atoms with Gasteiger partial charge in [0.05, 0.1) is 5.41 Å². The third-order valence-electron chi connectivity index (χ3n) is 6.98. The minimum Gasteiger partial charge on any atom is -0.481 e. The van der Waals surface area contributed by atoms with Crippen molar-refractivity contribution in [3.8, 4) is 0 Å². The van der Waals surface area contributed by atoms with Gasteiger partial charge in [0.1, 0.15) is 0 Å². The van der Waals surface area contributed by atoms with Gasteiger partial charge in [-0.3, -0.25) is 4.79 Å². The zero-order valence-electron chi connectivity index (χ0n) is 11.3. The maximum Gasteiger partial charge on any atom is 0.310 e. The topological polar surface area (TPSA) is 37.3 Å². The van der Waals surface area contributed by atoms with Gasteiger partial charge in [0.15, 0.2) is 0 Å². The summed E-state index contributed by atoms with van der Waals surface area (Å²) in [4.78, 5) is 12.0. The first kappa shape index (κ1) is 11.3. The molecule has 1 unspecified atom stereocenters. The lowest BCUT2D eigenvalue weighted by Gasteiger charge is -2.62. The quantitative estimate of drug-likeness (QED) is 0.826. The van der Waals surface area contributed by atoms with Crippen LogP contribution in [0.25, 0.3) is 0 Å². The summed E-state index contributed by atoms with van der Waals surface area (Å²) in [6.07, 6.45) is 10.2. The van der Waals surface area contributed by atoms with Gasteiger partial charge in [0, 0.05) is 0 Å². The van der Waals surface area contributed by atoms with Gasteiger partial charge in [-0.05, 0) is 87.4 Å². The van der Waals surface area contributed by atoms with Gasteiger partial charge in [0.2, 0.25) is 0 Å². The molecule has 5 rings (SSSR count). The highest BCUT2D eigenvalue weighted by atomic mass is 16.4. The first-order valence-corrected chi connectivity index (χ1v) is 7.77. The van der Waals surface area contributed by atoms with Crippen molar-refractivity contribution in [2.24, 2.45) is 34.5 Å². The summed E-state index contributed by atoms with van der Waals surface area (Å²) in [6, 6.07) is 0. The van der Waals surface area contributed by atoms with Gasteiger partial charge >= 0.3 is 5.97 Å². The Morgan fingerprint density at radius 1 is 1.06 bits per heavy atom. The second-order valence-electron chi connectivity index (χ2n) is 7.98. The van der Waals surface area contributed by atoms with Gasteiger partial charge in [0.25, 0.3) is 0 Å². The molecule has 0 spiro atoms. The fraction of sp³-hybridized carbons (Fsp3) is 0.938. The molecule has 5 aliphatic rings. The van der Waals surface area contributed by atoms with E-state index in [1.807, 2.05) is 0 Å². The van der Waals surface area contributed by atoms with Crippen LogP contribution in [0.4, 0.5) is 0 Å². The fourth-order valence-electron chi connectivity index (χ4n) is 6.24. The second-order valence-corrected chi connectivity index (χ2v) is 7.98. The molecular weight excluding hydrogens is 224 g/mol. The maximum absolute atomic E-state index is 12.0. The van der Waals surface area contributed by atoms with E-state index in [1.54, 1.807) is 0 Å². The molecule has 0 aromatic heterocycles.